The Kier molecular flexibility index (Phi) is 3.87. The van der Waals surface area contributed by atoms with Crippen molar-refractivity contribution in [2.75, 3.05) is 18.4 Å². The lowest BCUT2D eigenvalue weighted by Gasteiger charge is -2.36. The van der Waals surface area contributed by atoms with E-state index in [1.165, 1.54) is 4.90 Å². The molecule has 102 valence electrons. The molecule has 1 aliphatic rings. The van der Waals surface area contributed by atoms with Crippen molar-refractivity contribution < 1.29 is 14.7 Å². The van der Waals surface area contributed by atoms with Crippen molar-refractivity contribution in [3.63, 3.8) is 0 Å². The van der Waals surface area contributed by atoms with Gasteiger partial charge in [-0.05, 0) is 24.6 Å². The summed E-state index contributed by atoms with van der Waals surface area (Å²) in [5.41, 5.74) is 1.24. The topological polar surface area (TPSA) is 69.6 Å². The van der Waals surface area contributed by atoms with Gasteiger partial charge < -0.3 is 15.3 Å². The lowest BCUT2D eigenvalue weighted by Crippen LogP contribution is -2.54. The Bertz CT molecular complexity index is 542. The van der Waals surface area contributed by atoms with Crippen molar-refractivity contribution in [3.05, 3.63) is 27.7 Å². The third-order valence-electron chi connectivity index (χ3n) is 3.01. The van der Waals surface area contributed by atoms with Gasteiger partial charge >= 0.3 is 12.0 Å². The Morgan fingerprint density at radius 3 is 2.53 bits per heavy atom. The summed E-state index contributed by atoms with van der Waals surface area (Å²) < 4.78 is 0. The number of likely N-dealkylation sites (tertiary alicyclic amines) is 1. The molecule has 7 heteroatoms. The van der Waals surface area contributed by atoms with E-state index in [0.29, 0.717) is 15.7 Å². The van der Waals surface area contributed by atoms with Crippen LogP contribution >= 0.6 is 23.2 Å². The fourth-order valence-electron chi connectivity index (χ4n) is 1.74. The molecule has 0 saturated carbocycles. The van der Waals surface area contributed by atoms with Crippen LogP contribution in [0.4, 0.5) is 10.5 Å². The van der Waals surface area contributed by atoms with Crippen LogP contribution in [0.2, 0.25) is 10.0 Å². The summed E-state index contributed by atoms with van der Waals surface area (Å²) in [6, 6.07) is 2.86. The largest absolute Gasteiger partial charge is 0.481 e. The number of halogens is 2. The molecular weight excluding hydrogens is 291 g/mol. The molecule has 1 heterocycles. The van der Waals surface area contributed by atoms with Crippen LogP contribution in [-0.2, 0) is 4.79 Å². The van der Waals surface area contributed by atoms with Gasteiger partial charge in [-0.15, -0.1) is 0 Å². The molecule has 0 bridgehead atoms. The summed E-state index contributed by atoms with van der Waals surface area (Å²) in [6.45, 7) is 2.23. The van der Waals surface area contributed by atoms with Gasteiger partial charge in [-0.3, -0.25) is 4.79 Å². The van der Waals surface area contributed by atoms with Crippen LogP contribution in [0.1, 0.15) is 5.56 Å². The van der Waals surface area contributed by atoms with Crippen molar-refractivity contribution in [2.45, 2.75) is 6.92 Å². The van der Waals surface area contributed by atoms with Gasteiger partial charge in [-0.1, -0.05) is 23.2 Å². The SMILES string of the molecule is Cc1cc(Cl)c(NC(=O)N2CC(C(=O)O)C2)cc1Cl. The summed E-state index contributed by atoms with van der Waals surface area (Å²) in [5.74, 6) is -1.37. The third kappa shape index (κ3) is 2.93. The molecule has 5 nitrogen and oxygen atoms in total. The minimum absolute atomic E-state index is 0.207. The maximum atomic E-state index is 11.8. The van der Waals surface area contributed by atoms with Crippen LogP contribution in [-0.4, -0.2) is 35.1 Å². The molecule has 0 aliphatic carbocycles. The number of amides is 2. The highest BCUT2D eigenvalue weighted by Crippen LogP contribution is 2.29. The van der Waals surface area contributed by atoms with Crippen molar-refractivity contribution in [2.24, 2.45) is 5.92 Å². The summed E-state index contributed by atoms with van der Waals surface area (Å²) in [7, 11) is 0. The molecule has 0 spiro atoms. The zero-order valence-electron chi connectivity index (χ0n) is 10.1. The number of aliphatic carboxylic acids is 1. The predicted octanol–water partition coefficient (Wildman–Crippen LogP) is 2.85. The zero-order valence-corrected chi connectivity index (χ0v) is 11.6. The molecule has 2 rings (SSSR count). The molecule has 2 N–H and O–H groups in total. The van der Waals surface area contributed by atoms with Crippen molar-refractivity contribution >= 4 is 40.9 Å². The van der Waals surface area contributed by atoms with Gasteiger partial charge in [0.25, 0.3) is 0 Å². The maximum Gasteiger partial charge on any atom is 0.321 e. The maximum absolute atomic E-state index is 11.8. The Labute approximate surface area is 120 Å². The molecule has 0 atom stereocenters. The lowest BCUT2D eigenvalue weighted by molar-refractivity contribution is -0.145. The number of hydrogen-bond donors (Lipinski definition) is 2. The van der Waals surface area contributed by atoms with E-state index in [1.807, 2.05) is 6.92 Å². The van der Waals surface area contributed by atoms with Crippen LogP contribution in [0.3, 0.4) is 0 Å². The molecule has 19 heavy (non-hydrogen) atoms. The molecule has 0 radical (unpaired) electrons. The number of nitrogens with one attached hydrogen (secondary N) is 1. The van der Waals surface area contributed by atoms with Gasteiger partial charge in [0.2, 0.25) is 0 Å². The van der Waals surface area contributed by atoms with E-state index >= 15 is 0 Å². The van der Waals surface area contributed by atoms with Crippen LogP contribution in [0.25, 0.3) is 0 Å². The molecule has 1 aromatic rings. The fraction of sp³-hybridized carbons (Fsp3) is 0.333. The lowest BCUT2D eigenvalue weighted by atomic mass is 10.0. The van der Waals surface area contributed by atoms with Crippen LogP contribution < -0.4 is 5.32 Å². The Morgan fingerprint density at radius 1 is 1.32 bits per heavy atom. The Morgan fingerprint density at radius 2 is 1.95 bits per heavy atom. The van der Waals surface area contributed by atoms with Gasteiger partial charge in [0.1, 0.15) is 0 Å². The molecular formula is C12H12Cl2N2O3. The number of carbonyl (C=O) groups excluding carboxylic acids is 1. The highest BCUT2D eigenvalue weighted by molar-refractivity contribution is 6.36. The average molecular weight is 303 g/mol. The summed E-state index contributed by atoms with van der Waals surface area (Å²) in [6.07, 6.45) is 0. The van der Waals surface area contributed by atoms with Gasteiger partial charge in [0.05, 0.1) is 16.6 Å². The summed E-state index contributed by atoms with van der Waals surface area (Å²) in [4.78, 5) is 23.9. The number of carbonyl (C=O) groups is 2. The van der Waals surface area contributed by atoms with E-state index in [1.54, 1.807) is 12.1 Å². The summed E-state index contributed by atoms with van der Waals surface area (Å²) in [5, 5.41) is 12.3. The minimum atomic E-state index is -0.888. The first-order valence-corrected chi connectivity index (χ1v) is 6.38. The highest BCUT2D eigenvalue weighted by Gasteiger charge is 2.35. The Hall–Kier alpha value is -1.46. The minimum Gasteiger partial charge on any atom is -0.481 e. The second kappa shape index (κ2) is 5.27. The van der Waals surface area contributed by atoms with E-state index in [0.717, 1.165) is 5.56 Å². The number of hydrogen-bond acceptors (Lipinski definition) is 2. The van der Waals surface area contributed by atoms with Gasteiger partial charge in [-0.25, -0.2) is 4.79 Å². The second-order valence-corrected chi connectivity index (χ2v) is 5.27. The molecule has 2 amide bonds. The fourth-order valence-corrected chi connectivity index (χ4v) is 2.17. The van der Waals surface area contributed by atoms with Crippen molar-refractivity contribution in [1.82, 2.24) is 4.90 Å². The second-order valence-electron chi connectivity index (χ2n) is 4.45. The van der Waals surface area contributed by atoms with Crippen LogP contribution in [0.5, 0.6) is 0 Å². The Balaban J connectivity index is 2.01. The average Bonchev–Trinajstić information content (AvgIpc) is 2.23. The van der Waals surface area contributed by atoms with E-state index in [9.17, 15) is 9.59 Å². The molecule has 0 unspecified atom stereocenters. The van der Waals surface area contributed by atoms with Gasteiger partial charge in [0.15, 0.2) is 0 Å². The third-order valence-corrected chi connectivity index (χ3v) is 3.73. The van der Waals surface area contributed by atoms with Crippen LogP contribution in [0, 0.1) is 12.8 Å². The number of rotatable bonds is 2. The normalized spacial score (nSPS) is 15.0. The first-order chi connectivity index (χ1) is 8.88. The number of benzene rings is 1. The van der Waals surface area contributed by atoms with E-state index in [4.69, 9.17) is 28.3 Å². The monoisotopic (exact) mass is 302 g/mol. The van der Waals surface area contributed by atoms with Crippen molar-refractivity contribution in [3.8, 4) is 0 Å². The number of carboxylic acids is 1. The number of urea groups is 1. The standard InChI is InChI=1S/C12H12Cl2N2O3/c1-6-2-9(14)10(3-8(6)13)15-12(19)16-4-7(5-16)11(17)18/h2-3,7H,4-5H2,1H3,(H,15,19)(H,17,18). The number of nitrogens with zero attached hydrogens (tertiary/aromatic N) is 1. The number of aryl methyl sites for hydroxylation is 1. The molecule has 1 aromatic carbocycles. The molecule has 1 aliphatic heterocycles. The van der Waals surface area contributed by atoms with Crippen molar-refractivity contribution in [1.29, 1.82) is 0 Å². The zero-order chi connectivity index (χ0) is 14.2. The first-order valence-electron chi connectivity index (χ1n) is 5.63. The summed E-state index contributed by atoms with van der Waals surface area (Å²) >= 11 is 12.0. The quantitative estimate of drug-likeness (QED) is 0.882. The van der Waals surface area contributed by atoms with E-state index < -0.39 is 11.9 Å². The smallest absolute Gasteiger partial charge is 0.321 e. The number of carboxylic acid groups (broad SMARTS) is 1. The molecule has 1 fully saturated rings. The van der Waals surface area contributed by atoms with Gasteiger partial charge in [-0.2, -0.15) is 0 Å². The first kappa shape index (κ1) is 14.0. The predicted molar refractivity (Wildman–Crippen MR) is 72.9 cm³/mol. The number of anilines is 1. The molecule has 1 saturated heterocycles. The molecule has 0 aromatic heterocycles. The highest BCUT2D eigenvalue weighted by atomic mass is 35.5. The van der Waals surface area contributed by atoms with E-state index in [-0.39, 0.29) is 19.1 Å². The van der Waals surface area contributed by atoms with Crippen LogP contribution in [0.15, 0.2) is 12.1 Å². The van der Waals surface area contributed by atoms with E-state index in [2.05, 4.69) is 5.32 Å². The van der Waals surface area contributed by atoms with Gasteiger partial charge in [0, 0.05) is 18.1 Å².